The summed E-state index contributed by atoms with van der Waals surface area (Å²) in [6.45, 7) is 1.95. The normalized spacial score (nSPS) is 10.8. The number of carboxylic acid groups (broad SMARTS) is 1. The van der Waals surface area contributed by atoms with Crippen LogP contribution < -0.4 is 0 Å². The van der Waals surface area contributed by atoms with Crippen LogP contribution in [0.3, 0.4) is 0 Å². The van der Waals surface area contributed by atoms with Gasteiger partial charge in [0, 0.05) is 17.3 Å². The Hall–Kier alpha value is -2.69. The monoisotopic (exact) mass is 253 g/mol. The summed E-state index contributed by atoms with van der Waals surface area (Å²) in [5.41, 5.74) is 3.76. The van der Waals surface area contributed by atoms with Gasteiger partial charge < -0.3 is 5.11 Å². The number of carbonyl (C=O) groups is 1. The third kappa shape index (κ3) is 1.95. The molecule has 3 rings (SSSR count). The Kier molecular flexibility index (Phi) is 2.52. The molecule has 0 aliphatic heterocycles. The van der Waals surface area contributed by atoms with Crippen molar-refractivity contribution in [3.8, 4) is 11.3 Å². The van der Waals surface area contributed by atoms with Gasteiger partial charge in [-0.2, -0.15) is 5.10 Å². The van der Waals surface area contributed by atoms with Crippen molar-refractivity contribution >= 4 is 11.6 Å². The van der Waals surface area contributed by atoms with Crippen LogP contribution in [-0.2, 0) is 0 Å². The molecule has 1 N–H and O–H groups in total. The molecule has 0 saturated heterocycles. The van der Waals surface area contributed by atoms with Crippen molar-refractivity contribution in [3.63, 3.8) is 0 Å². The molecular formula is C14H11N3O2. The Morgan fingerprint density at radius 3 is 2.63 bits per heavy atom. The van der Waals surface area contributed by atoms with E-state index in [2.05, 4.69) is 10.1 Å². The molecule has 0 aliphatic rings. The molecule has 0 aliphatic carbocycles. The maximum absolute atomic E-state index is 10.8. The van der Waals surface area contributed by atoms with Crippen molar-refractivity contribution in [2.24, 2.45) is 0 Å². The first kappa shape index (κ1) is 11.4. The molecule has 94 valence electrons. The molecule has 19 heavy (non-hydrogen) atoms. The Balaban J connectivity index is 2.08. The summed E-state index contributed by atoms with van der Waals surface area (Å²) in [5.74, 6) is -0.929. The molecule has 1 aromatic carbocycles. The van der Waals surface area contributed by atoms with E-state index in [9.17, 15) is 4.79 Å². The highest BCUT2D eigenvalue weighted by Crippen LogP contribution is 2.19. The van der Waals surface area contributed by atoms with Gasteiger partial charge in [0.2, 0.25) is 0 Å². The van der Waals surface area contributed by atoms with Crippen LogP contribution >= 0.6 is 0 Å². The third-order valence-electron chi connectivity index (χ3n) is 2.97. The predicted molar refractivity (Wildman–Crippen MR) is 70.1 cm³/mol. The van der Waals surface area contributed by atoms with E-state index in [1.54, 1.807) is 35.0 Å². The maximum Gasteiger partial charge on any atom is 0.335 e. The fourth-order valence-corrected chi connectivity index (χ4v) is 1.93. The van der Waals surface area contributed by atoms with Crippen LogP contribution in [0.4, 0.5) is 0 Å². The van der Waals surface area contributed by atoms with Crippen molar-refractivity contribution < 1.29 is 9.90 Å². The van der Waals surface area contributed by atoms with E-state index in [1.807, 2.05) is 19.2 Å². The molecule has 5 nitrogen and oxygen atoms in total. The fraction of sp³-hybridized carbons (Fsp3) is 0.0714. The van der Waals surface area contributed by atoms with E-state index < -0.39 is 5.97 Å². The van der Waals surface area contributed by atoms with E-state index in [4.69, 9.17) is 5.11 Å². The van der Waals surface area contributed by atoms with Gasteiger partial charge in [0.15, 0.2) is 5.65 Å². The number of nitrogens with zero attached hydrogens (tertiary/aromatic N) is 3. The second-order valence-corrected chi connectivity index (χ2v) is 4.29. The lowest BCUT2D eigenvalue weighted by Gasteiger charge is -2.02. The maximum atomic E-state index is 10.8. The Bertz CT molecular complexity index is 760. The number of benzene rings is 1. The number of aromatic nitrogens is 3. The van der Waals surface area contributed by atoms with Gasteiger partial charge in [0.25, 0.3) is 0 Å². The van der Waals surface area contributed by atoms with E-state index in [0.717, 1.165) is 22.5 Å². The van der Waals surface area contributed by atoms with Gasteiger partial charge in [0.1, 0.15) is 0 Å². The number of aromatic carboxylic acids is 1. The molecule has 0 atom stereocenters. The average Bonchev–Trinajstić information content (AvgIpc) is 2.80. The zero-order chi connectivity index (χ0) is 13.4. The number of carboxylic acids is 1. The first-order chi connectivity index (χ1) is 9.15. The van der Waals surface area contributed by atoms with Crippen LogP contribution in [0.25, 0.3) is 16.9 Å². The Labute approximate surface area is 109 Å². The SMILES string of the molecule is Cc1cnn2ccc(-c3ccc(C(=O)O)cc3)nc12. The molecular weight excluding hydrogens is 242 g/mol. The van der Waals surface area contributed by atoms with Crippen LogP contribution in [0.15, 0.2) is 42.7 Å². The molecule has 2 aromatic heterocycles. The van der Waals surface area contributed by atoms with Gasteiger partial charge >= 0.3 is 5.97 Å². The molecule has 3 aromatic rings. The highest BCUT2D eigenvalue weighted by atomic mass is 16.4. The summed E-state index contributed by atoms with van der Waals surface area (Å²) in [7, 11) is 0. The number of fused-ring (bicyclic) bond motifs is 1. The fourth-order valence-electron chi connectivity index (χ4n) is 1.93. The van der Waals surface area contributed by atoms with Crippen molar-refractivity contribution in [1.29, 1.82) is 0 Å². The van der Waals surface area contributed by atoms with E-state index in [-0.39, 0.29) is 5.56 Å². The summed E-state index contributed by atoms with van der Waals surface area (Å²) in [4.78, 5) is 15.3. The topological polar surface area (TPSA) is 67.5 Å². The molecule has 0 saturated carbocycles. The van der Waals surface area contributed by atoms with Crippen LogP contribution in [0, 0.1) is 6.92 Å². The summed E-state index contributed by atoms with van der Waals surface area (Å²) >= 11 is 0. The number of hydrogen-bond acceptors (Lipinski definition) is 3. The largest absolute Gasteiger partial charge is 0.478 e. The zero-order valence-electron chi connectivity index (χ0n) is 10.2. The molecule has 2 heterocycles. The van der Waals surface area contributed by atoms with Gasteiger partial charge in [-0.15, -0.1) is 0 Å². The molecule has 0 unspecified atom stereocenters. The Morgan fingerprint density at radius 1 is 1.21 bits per heavy atom. The van der Waals surface area contributed by atoms with E-state index in [0.29, 0.717) is 0 Å². The first-order valence-electron chi connectivity index (χ1n) is 5.80. The lowest BCUT2D eigenvalue weighted by molar-refractivity contribution is 0.0697. The summed E-state index contributed by atoms with van der Waals surface area (Å²) in [6, 6.07) is 8.52. The molecule has 0 fully saturated rings. The second-order valence-electron chi connectivity index (χ2n) is 4.29. The number of aryl methyl sites for hydroxylation is 1. The molecule has 0 spiro atoms. The van der Waals surface area contributed by atoms with Crippen molar-refractivity contribution in [1.82, 2.24) is 14.6 Å². The summed E-state index contributed by atoms with van der Waals surface area (Å²) in [6.07, 6.45) is 3.61. The number of rotatable bonds is 2. The van der Waals surface area contributed by atoms with Crippen LogP contribution in [0.2, 0.25) is 0 Å². The lowest BCUT2D eigenvalue weighted by atomic mass is 10.1. The van der Waals surface area contributed by atoms with Crippen LogP contribution in [0.5, 0.6) is 0 Å². The van der Waals surface area contributed by atoms with Crippen molar-refractivity contribution in [3.05, 3.63) is 53.9 Å². The summed E-state index contributed by atoms with van der Waals surface area (Å²) < 4.78 is 1.71. The van der Waals surface area contributed by atoms with Gasteiger partial charge in [-0.25, -0.2) is 14.3 Å². The van der Waals surface area contributed by atoms with Crippen molar-refractivity contribution in [2.45, 2.75) is 6.92 Å². The molecule has 0 bridgehead atoms. The van der Waals surface area contributed by atoms with Crippen LogP contribution in [0.1, 0.15) is 15.9 Å². The van der Waals surface area contributed by atoms with Gasteiger partial charge in [-0.3, -0.25) is 0 Å². The molecule has 5 heteroatoms. The van der Waals surface area contributed by atoms with E-state index in [1.165, 1.54) is 0 Å². The lowest BCUT2D eigenvalue weighted by Crippen LogP contribution is -1.96. The van der Waals surface area contributed by atoms with E-state index >= 15 is 0 Å². The Morgan fingerprint density at radius 2 is 1.95 bits per heavy atom. The second kappa shape index (κ2) is 4.20. The molecule has 0 amide bonds. The average molecular weight is 253 g/mol. The van der Waals surface area contributed by atoms with Gasteiger partial charge in [-0.05, 0) is 25.1 Å². The first-order valence-corrected chi connectivity index (χ1v) is 5.80. The third-order valence-corrected chi connectivity index (χ3v) is 2.97. The predicted octanol–water partition coefficient (Wildman–Crippen LogP) is 2.40. The summed E-state index contributed by atoms with van der Waals surface area (Å²) in [5, 5.41) is 13.0. The smallest absolute Gasteiger partial charge is 0.335 e. The molecule has 0 radical (unpaired) electrons. The van der Waals surface area contributed by atoms with Gasteiger partial charge in [-0.1, -0.05) is 12.1 Å². The highest BCUT2D eigenvalue weighted by Gasteiger charge is 2.06. The minimum absolute atomic E-state index is 0.269. The minimum Gasteiger partial charge on any atom is -0.478 e. The zero-order valence-corrected chi connectivity index (χ0v) is 10.2. The minimum atomic E-state index is -0.929. The quantitative estimate of drug-likeness (QED) is 0.761. The van der Waals surface area contributed by atoms with Crippen LogP contribution in [-0.4, -0.2) is 25.7 Å². The highest BCUT2D eigenvalue weighted by molar-refractivity contribution is 5.88. The number of hydrogen-bond donors (Lipinski definition) is 1. The van der Waals surface area contributed by atoms with Crippen molar-refractivity contribution in [2.75, 3.05) is 0 Å². The standard InChI is InChI=1S/C14H11N3O2/c1-9-8-15-17-7-6-12(16-13(9)17)10-2-4-11(5-3-10)14(18)19/h2-8H,1H3,(H,18,19). The van der Waals surface area contributed by atoms with Gasteiger partial charge in [0.05, 0.1) is 17.5 Å².